The van der Waals surface area contributed by atoms with Crippen LogP contribution in [0.15, 0.2) is 22.7 Å². The molecule has 3 heteroatoms. The first-order chi connectivity index (χ1) is 7.19. The van der Waals surface area contributed by atoms with Crippen molar-refractivity contribution in [2.45, 2.75) is 19.3 Å². The van der Waals surface area contributed by atoms with Gasteiger partial charge in [-0.1, -0.05) is 6.07 Å². The Kier molecular flexibility index (Phi) is 3.03. The number of hydrogen-bond donors (Lipinski definition) is 1. The topological polar surface area (TPSA) is 29.5 Å². The third-order valence-corrected chi connectivity index (χ3v) is 3.71. The Morgan fingerprint density at radius 1 is 1.47 bits per heavy atom. The Labute approximate surface area is 98.4 Å². The van der Waals surface area contributed by atoms with E-state index in [1.54, 1.807) is 7.11 Å². The van der Waals surface area contributed by atoms with E-state index in [4.69, 9.17) is 4.74 Å². The van der Waals surface area contributed by atoms with Crippen molar-refractivity contribution in [1.82, 2.24) is 0 Å². The summed E-state index contributed by atoms with van der Waals surface area (Å²) in [5, 5.41) is 9.25. The van der Waals surface area contributed by atoms with Gasteiger partial charge in [-0.05, 0) is 58.3 Å². The molecule has 0 atom stereocenters. The molecule has 15 heavy (non-hydrogen) atoms. The van der Waals surface area contributed by atoms with Gasteiger partial charge in [0.2, 0.25) is 0 Å². The van der Waals surface area contributed by atoms with Gasteiger partial charge in [-0.3, -0.25) is 0 Å². The minimum absolute atomic E-state index is 0.175. The Morgan fingerprint density at radius 3 is 2.67 bits per heavy atom. The van der Waals surface area contributed by atoms with Crippen molar-refractivity contribution in [1.29, 1.82) is 0 Å². The number of hydrogen-bond acceptors (Lipinski definition) is 2. The molecule has 0 radical (unpaired) electrons. The van der Waals surface area contributed by atoms with E-state index in [0.717, 1.165) is 29.5 Å². The molecule has 1 fully saturated rings. The van der Waals surface area contributed by atoms with E-state index in [0.29, 0.717) is 6.61 Å². The largest absolute Gasteiger partial charge is 0.496 e. The Morgan fingerprint density at radius 2 is 2.20 bits per heavy atom. The van der Waals surface area contributed by atoms with Crippen LogP contribution in [0.3, 0.4) is 0 Å². The molecule has 1 aliphatic carbocycles. The summed E-state index contributed by atoms with van der Waals surface area (Å²) in [5.41, 5.74) is 1.43. The minimum Gasteiger partial charge on any atom is -0.496 e. The van der Waals surface area contributed by atoms with Crippen molar-refractivity contribution in [2.75, 3.05) is 13.7 Å². The first-order valence-electron chi connectivity index (χ1n) is 5.12. The number of aliphatic hydroxyl groups is 1. The predicted molar refractivity (Wildman–Crippen MR) is 63.2 cm³/mol. The van der Waals surface area contributed by atoms with Crippen molar-refractivity contribution in [3.8, 4) is 5.75 Å². The first-order valence-corrected chi connectivity index (χ1v) is 5.92. The van der Waals surface area contributed by atoms with E-state index in [9.17, 15) is 5.11 Å². The van der Waals surface area contributed by atoms with Crippen LogP contribution in [0.4, 0.5) is 0 Å². The van der Waals surface area contributed by atoms with Gasteiger partial charge in [-0.25, -0.2) is 0 Å². The van der Waals surface area contributed by atoms with Crippen LogP contribution >= 0.6 is 15.9 Å². The molecule has 0 spiro atoms. The highest BCUT2D eigenvalue weighted by atomic mass is 79.9. The number of ether oxygens (including phenoxy) is 1. The van der Waals surface area contributed by atoms with Crippen molar-refractivity contribution < 1.29 is 9.84 Å². The number of benzene rings is 1. The van der Waals surface area contributed by atoms with E-state index >= 15 is 0 Å². The fraction of sp³-hybridized carbons (Fsp3) is 0.500. The maximum atomic E-state index is 9.25. The summed E-state index contributed by atoms with van der Waals surface area (Å²) in [4.78, 5) is 0. The molecule has 0 bridgehead atoms. The molecule has 1 N–H and O–H groups in total. The standard InChI is InChI=1S/C12H15BrO2/c1-15-11-3-2-9(6-10(11)13)7-12(8-14)4-5-12/h2-3,6,14H,4-5,7-8H2,1H3. The highest BCUT2D eigenvalue weighted by Gasteiger charge is 2.41. The van der Waals surface area contributed by atoms with Crippen molar-refractivity contribution in [2.24, 2.45) is 5.41 Å². The zero-order chi connectivity index (χ0) is 10.9. The summed E-state index contributed by atoms with van der Waals surface area (Å²) in [6.45, 7) is 0.302. The number of methoxy groups -OCH3 is 1. The lowest BCUT2D eigenvalue weighted by Crippen LogP contribution is -2.09. The van der Waals surface area contributed by atoms with Gasteiger partial charge in [0.15, 0.2) is 0 Å². The van der Waals surface area contributed by atoms with E-state index in [2.05, 4.69) is 28.1 Å². The first kappa shape index (κ1) is 11.0. The third kappa shape index (κ3) is 2.34. The van der Waals surface area contributed by atoms with Crippen molar-refractivity contribution in [3.05, 3.63) is 28.2 Å². The number of rotatable bonds is 4. The molecule has 0 unspecified atom stereocenters. The summed E-state index contributed by atoms with van der Waals surface area (Å²) in [5.74, 6) is 0.854. The molecule has 0 amide bonds. The Hall–Kier alpha value is -0.540. The smallest absolute Gasteiger partial charge is 0.133 e. The number of halogens is 1. The molecule has 1 aromatic rings. The Balaban J connectivity index is 2.13. The molecule has 2 rings (SSSR count). The lowest BCUT2D eigenvalue weighted by Gasteiger charge is -2.12. The maximum absolute atomic E-state index is 9.25. The molecule has 0 aliphatic heterocycles. The average Bonchev–Trinajstić information content (AvgIpc) is 2.99. The van der Waals surface area contributed by atoms with Crippen LogP contribution in [-0.4, -0.2) is 18.8 Å². The third-order valence-electron chi connectivity index (χ3n) is 3.09. The predicted octanol–water partition coefficient (Wildman–Crippen LogP) is 2.77. The summed E-state index contributed by atoms with van der Waals surface area (Å²) < 4.78 is 6.16. The highest BCUT2D eigenvalue weighted by molar-refractivity contribution is 9.10. The molecular formula is C12H15BrO2. The fourth-order valence-corrected chi connectivity index (χ4v) is 2.41. The quantitative estimate of drug-likeness (QED) is 0.912. The summed E-state index contributed by atoms with van der Waals surface area (Å²) in [6, 6.07) is 6.11. The van der Waals surface area contributed by atoms with Gasteiger partial charge in [0.1, 0.15) is 5.75 Å². The molecule has 2 nitrogen and oxygen atoms in total. The summed E-state index contributed by atoms with van der Waals surface area (Å²) >= 11 is 3.47. The zero-order valence-electron chi connectivity index (χ0n) is 8.79. The van der Waals surface area contributed by atoms with Gasteiger partial charge in [-0.2, -0.15) is 0 Å². The Bertz CT molecular complexity index is 359. The second-order valence-corrected chi connectivity index (χ2v) is 5.16. The minimum atomic E-state index is 0.175. The van der Waals surface area contributed by atoms with Gasteiger partial charge >= 0.3 is 0 Å². The van der Waals surface area contributed by atoms with E-state index in [1.165, 1.54) is 5.56 Å². The van der Waals surface area contributed by atoms with Crippen LogP contribution in [0.2, 0.25) is 0 Å². The lowest BCUT2D eigenvalue weighted by molar-refractivity contribution is 0.211. The van der Waals surface area contributed by atoms with Crippen LogP contribution < -0.4 is 4.74 Å². The molecule has 0 heterocycles. The van der Waals surface area contributed by atoms with Gasteiger partial charge in [0, 0.05) is 6.61 Å². The molecule has 82 valence electrons. The van der Waals surface area contributed by atoms with Crippen LogP contribution in [0.25, 0.3) is 0 Å². The fourth-order valence-electron chi connectivity index (χ4n) is 1.82. The average molecular weight is 271 g/mol. The van der Waals surface area contributed by atoms with Crippen LogP contribution in [-0.2, 0) is 6.42 Å². The van der Waals surface area contributed by atoms with Gasteiger partial charge in [-0.15, -0.1) is 0 Å². The molecule has 1 saturated carbocycles. The van der Waals surface area contributed by atoms with Crippen molar-refractivity contribution >= 4 is 15.9 Å². The van der Waals surface area contributed by atoms with Gasteiger partial charge in [0.05, 0.1) is 11.6 Å². The maximum Gasteiger partial charge on any atom is 0.133 e. The monoisotopic (exact) mass is 270 g/mol. The molecule has 0 saturated heterocycles. The zero-order valence-corrected chi connectivity index (χ0v) is 10.4. The van der Waals surface area contributed by atoms with Gasteiger partial charge in [0.25, 0.3) is 0 Å². The van der Waals surface area contributed by atoms with Crippen LogP contribution in [0.1, 0.15) is 18.4 Å². The highest BCUT2D eigenvalue weighted by Crippen LogP contribution is 2.48. The van der Waals surface area contributed by atoms with E-state index in [1.807, 2.05) is 6.07 Å². The summed E-state index contributed by atoms with van der Waals surface area (Å²) in [6.07, 6.45) is 3.26. The lowest BCUT2D eigenvalue weighted by atomic mass is 9.97. The second kappa shape index (κ2) is 4.14. The van der Waals surface area contributed by atoms with E-state index in [-0.39, 0.29) is 5.41 Å². The van der Waals surface area contributed by atoms with Crippen LogP contribution in [0, 0.1) is 5.41 Å². The molecule has 1 aromatic carbocycles. The second-order valence-electron chi connectivity index (χ2n) is 4.30. The van der Waals surface area contributed by atoms with Gasteiger partial charge < -0.3 is 9.84 Å². The molecule has 0 aromatic heterocycles. The molecule has 1 aliphatic rings. The number of aliphatic hydroxyl groups excluding tert-OH is 1. The molecular weight excluding hydrogens is 256 g/mol. The van der Waals surface area contributed by atoms with E-state index < -0.39 is 0 Å². The SMILES string of the molecule is COc1ccc(CC2(CO)CC2)cc1Br. The van der Waals surface area contributed by atoms with Crippen LogP contribution in [0.5, 0.6) is 5.75 Å². The summed E-state index contributed by atoms with van der Waals surface area (Å²) in [7, 11) is 1.66. The normalized spacial score (nSPS) is 17.5. The van der Waals surface area contributed by atoms with Crippen molar-refractivity contribution in [3.63, 3.8) is 0 Å².